The Kier molecular flexibility index (Phi) is 4.75. The van der Waals surface area contributed by atoms with Gasteiger partial charge in [-0.2, -0.15) is 0 Å². The van der Waals surface area contributed by atoms with E-state index in [0.29, 0.717) is 35.6 Å². The quantitative estimate of drug-likeness (QED) is 0.461. The van der Waals surface area contributed by atoms with E-state index in [-0.39, 0.29) is 34.4 Å². The molecule has 0 radical (unpaired) electrons. The third-order valence-electron chi connectivity index (χ3n) is 11.0. The number of hydrogen-bond acceptors (Lipinski definition) is 4. The van der Waals surface area contributed by atoms with Crippen molar-refractivity contribution < 1.29 is 19.1 Å². The maximum atomic E-state index is 12.8. The van der Waals surface area contributed by atoms with Crippen LogP contribution >= 0.6 is 0 Å². The summed E-state index contributed by atoms with van der Waals surface area (Å²) in [5, 5.41) is 0. The van der Waals surface area contributed by atoms with E-state index in [4.69, 9.17) is 9.47 Å². The summed E-state index contributed by atoms with van der Waals surface area (Å²) in [5.41, 5.74) is 0.323. The van der Waals surface area contributed by atoms with Gasteiger partial charge in [0, 0.05) is 30.6 Å². The molecule has 0 amide bonds. The zero-order chi connectivity index (χ0) is 21.5. The lowest BCUT2D eigenvalue weighted by molar-refractivity contribution is -0.197. The largest absolute Gasteiger partial charge is 0.462 e. The summed E-state index contributed by atoms with van der Waals surface area (Å²) in [7, 11) is 0. The van der Waals surface area contributed by atoms with Crippen LogP contribution in [0.4, 0.5) is 0 Å². The molecule has 4 saturated carbocycles. The first-order valence-electron chi connectivity index (χ1n) is 12.5. The zero-order valence-corrected chi connectivity index (χ0v) is 19.5. The van der Waals surface area contributed by atoms with Crippen molar-refractivity contribution in [2.45, 2.75) is 111 Å². The van der Waals surface area contributed by atoms with Gasteiger partial charge >= 0.3 is 5.97 Å². The summed E-state index contributed by atoms with van der Waals surface area (Å²) in [5.74, 6) is 2.74. The second-order valence-corrected chi connectivity index (χ2v) is 11.9. The van der Waals surface area contributed by atoms with E-state index < -0.39 is 0 Å². The number of carbonyl (C=O) groups is 2. The van der Waals surface area contributed by atoms with E-state index in [1.54, 1.807) is 6.92 Å². The summed E-state index contributed by atoms with van der Waals surface area (Å²) < 4.78 is 12.1. The van der Waals surface area contributed by atoms with Crippen LogP contribution in [-0.4, -0.2) is 30.1 Å². The molecule has 168 valence electrons. The van der Waals surface area contributed by atoms with Gasteiger partial charge in [-0.15, -0.1) is 0 Å². The first-order chi connectivity index (χ1) is 14.2. The molecule has 1 aliphatic heterocycles. The molecule has 2 unspecified atom stereocenters. The Hall–Kier alpha value is -0.900. The van der Waals surface area contributed by atoms with Crippen molar-refractivity contribution in [2.75, 3.05) is 0 Å². The fourth-order valence-corrected chi connectivity index (χ4v) is 9.44. The number of ketones is 1. The van der Waals surface area contributed by atoms with Crippen molar-refractivity contribution in [2.24, 2.45) is 39.9 Å². The van der Waals surface area contributed by atoms with Gasteiger partial charge in [0.1, 0.15) is 11.9 Å². The third-order valence-corrected chi connectivity index (χ3v) is 11.0. The monoisotopic (exact) mass is 416 g/mol. The SMILES string of the molecule is CCC1OC1[C@@]12CC[C@H]3[C@@H]4CC[C@H](OC(C)=O)[C@@]4(C)CC[C@@H]3[C@@]1(C)[C@@H](C)CC(=O)C2. The van der Waals surface area contributed by atoms with E-state index >= 15 is 0 Å². The molecule has 10 atom stereocenters. The van der Waals surface area contributed by atoms with Gasteiger partial charge < -0.3 is 9.47 Å². The van der Waals surface area contributed by atoms with Crippen LogP contribution in [0.25, 0.3) is 0 Å². The predicted octanol–water partition coefficient (Wildman–Crippen LogP) is 5.32. The Morgan fingerprint density at radius 3 is 2.57 bits per heavy atom. The molecule has 0 aromatic rings. The van der Waals surface area contributed by atoms with Gasteiger partial charge in [-0.05, 0) is 74.0 Å². The van der Waals surface area contributed by atoms with Gasteiger partial charge in [0.2, 0.25) is 0 Å². The molecule has 4 heteroatoms. The molecule has 1 saturated heterocycles. The van der Waals surface area contributed by atoms with Crippen molar-refractivity contribution in [3.63, 3.8) is 0 Å². The zero-order valence-electron chi connectivity index (χ0n) is 19.5. The molecule has 0 aromatic carbocycles. The first kappa shape index (κ1) is 21.0. The number of ether oxygens (including phenoxy) is 2. The van der Waals surface area contributed by atoms with Crippen LogP contribution in [0.3, 0.4) is 0 Å². The minimum absolute atomic E-state index is 0.0330. The van der Waals surface area contributed by atoms with Gasteiger partial charge in [-0.3, -0.25) is 9.59 Å². The summed E-state index contributed by atoms with van der Waals surface area (Å²) in [6, 6.07) is 0. The first-order valence-corrected chi connectivity index (χ1v) is 12.5. The summed E-state index contributed by atoms with van der Waals surface area (Å²) in [4.78, 5) is 24.6. The normalized spacial score (nSPS) is 54.7. The Bertz CT molecular complexity index is 747. The summed E-state index contributed by atoms with van der Waals surface area (Å²) in [6.45, 7) is 11.1. The maximum absolute atomic E-state index is 12.8. The Balaban J connectivity index is 1.49. The smallest absolute Gasteiger partial charge is 0.302 e. The van der Waals surface area contributed by atoms with Crippen molar-refractivity contribution in [1.82, 2.24) is 0 Å². The van der Waals surface area contributed by atoms with Crippen molar-refractivity contribution in [3.05, 3.63) is 0 Å². The topological polar surface area (TPSA) is 55.9 Å². The molecule has 0 spiro atoms. The van der Waals surface area contributed by atoms with Crippen molar-refractivity contribution in [3.8, 4) is 0 Å². The minimum Gasteiger partial charge on any atom is -0.462 e. The van der Waals surface area contributed by atoms with E-state index in [1.807, 2.05) is 0 Å². The lowest BCUT2D eigenvalue weighted by Crippen LogP contribution is -2.63. The lowest BCUT2D eigenvalue weighted by Gasteiger charge is -2.66. The molecule has 0 bridgehead atoms. The predicted molar refractivity (Wildman–Crippen MR) is 115 cm³/mol. The molecule has 1 heterocycles. The average Bonchev–Trinajstić information content (AvgIpc) is 3.41. The van der Waals surface area contributed by atoms with Crippen molar-refractivity contribution in [1.29, 1.82) is 0 Å². The van der Waals surface area contributed by atoms with Crippen LogP contribution in [-0.2, 0) is 19.1 Å². The molecule has 0 aromatic heterocycles. The summed E-state index contributed by atoms with van der Waals surface area (Å²) >= 11 is 0. The van der Waals surface area contributed by atoms with Gasteiger partial charge in [0.15, 0.2) is 0 Å². The second-order valence-electron chi connectivity index (χ2n) is 11.9. The molecule has 5 aliphatic rings. The molecule has 4 nitrogen and oxygen atoms in total. The molecular weight excluding hydrogens is 376 g/mol. The number of hydrogen-bond donors (Lipinski definition) is 0. The number of fused-ring (bicyclic) bond motifs is 5. The molecule has 0 N–H and O–H groups in total. The van der Waals surface area contributed by atoms with Crippen molar-refractivity contribution >= 4 is 11.8 Å². The van der Waals surface area contributed by atoms with E-state index in [2.05, 4.69) is 27.7 Å². The van der Waals surface area contributed by atoms with Crippen LogP contribution in [0.2, 0.25) is 0 Å². The van der Waals surface area contributed by atoms with Crippen LogP contribution in [0, 0.1) is 39.9 Å². The molecule has 4 aliphatic carbocycles. The maximum Gasteiger partial charge on any atom is 0.302 e. The molecular formula is C26H40O4. The van der Waals surface area contributed by atoms with Crippen LogP contribution in [0.1, 0.15) is 92.4 Å². The lowest BCUT2D eigenvalue weighted by atomic mass is 9.37. The Labute approximate surface area is 181 Å². The van der Waals surface area contributed by atoms with E-state index in [0.717, 1.165) is 38.5 Å². The number of rotatable bonds is 3. The highest BCUT2D eigenvalue weighted by Crippen LogP contribution is 2.73. The molecule has 5 rings (SSSR count). The number of Topliss-reactive ketones (excluding diaryl/α,β-unsaturated/α-hetero) is 1. The summed E-state index contributed by atoms with van der Waals surface area (Å²) in [6.07, 6.45) is 10.1. The van der Waals surface area contributed by atoms with Gasteiger partial charge in [-0.1, -0.05) is 27.7 Å². The Morgan fingerprint density at radius 1 is 1.13 bits per heavy atom. The fraction of sp³-hybridized carbons (Fsp3) is 0.923. The second kappa shape index (κ2) is 6.80. The Morgan fingerprint density at radius 2 is 1.90 bits per heavy atom. The average molecular weight is 417 g/mol. The number of epoxide rings is 1. The standard InChI is InChI=1S/C26H40O4/c1-6-21-23(30-21)26-12-9-18-19-7-8-22(29-16(3)27)24(19,4)11-10-20(18)25(26,5)15(2)13-17(28)14-26/h15,18-23H,6-14H2,1-5H3/t15-,18-,19-,20-,21?,22-,23?,24-,25+,26-/m0/s1. The van der Waals surface area contributed by atoms with Crippen LogP contribution in [0.5, 0.6) is 0 Å². The highest BCUT2D eigenvalue weighted by Gasteiger charge is 2.72. The third kappa shape index (κ3) is 2.61. The number of esters is 1. The van der Waals surface area contributed by atoms with Gasteiger partial charge in [0.05, 0.1) is 12.2 Å². The molecule has 30 heavy (non-hydrogen) atoms. The molecule has 5 fully saturated rings. The fourth-order valence-electron chi connectivity index (χ4n) is 9.44. The highest BCUT2D eigenvalue weighted by molar-refractivity contribution is 5.81. The van der Waals surface area contributed by atoms with Gasteiger partial charge in [0.25, 0.3) is 0 Å². The number of carbonyl (C=O) groups excluding carboxylic acids is 2. The van der Waals surface area contributed by atoms with E-state index in [9.17, 15) is 9.59 Å². The van der Waals surface area contributed by atoms with Gasteiger partial charge in [-0.25, -0.2) is 0 Å². The van der Waals surface area contributed by atoms with E-state index in [1.165, 1.54) is 19.3 Å². The highest BCUT2D eigenvalue weighted by atomic mass is 16.6. The van der Waals surface area contributed by atoms with Crippen LogP contribution < -0.4 is 0 Å². The van der Waals surface area contributed by atoms with Crippen LogP contribution in [0.15, 0.2) is 0 Å². The minimum atomic E-state index is -0.130.